The molecule has 0 aliphatic carbocycles. The third kappa shape index (κ3) is 2.74. The molecule has 2 bridgehead atoms. The van der Waals surface area contributed by atoms with Crippen molar-refractivity contribution in [1.82, 2.24) is 10.2 Å². The van der Waals surface area contributed by atoms with Crippen LogP contribution in [0.4, 0.5) is 0 Å². The molecule has 2 unspecified atom stereocenters. The number of amides is 1. The number of nitrogens with one attached hydrogen (secondary N) is 1. The normalized spacial score (nSPS) is 35.2. The van der Waals surface area contributed by atoms with Crippen molar-refractivity contribution in [3.8, 4) is 0 Å². The number of nitrogens with zero attached hydrogens (tertiary/aromatic N) is 1. The molecule has 134 valence electrons. The Hall–Kier alpha value is -1.88. The molecule has 1 N–H and O–H groups in total. The van der Waals surface area contributed by atoms with Crippen molar-refractivity contribution >= 4 is 11.9 Å². The number of piperidine rings is 2. The van der Waals surface area contributed by atoms with E-state index in [1.807, 2.05) is 30.3 Å². The standard InChI is InChI=1S/C20H26N2O3/c1-22-15-8-9-16(22)13-17(12-15)25-19(24)20(10-5-11-21-18(20)23)14-6-3-2-4-7-14/h2-4,6-7,15-17H,5,8-13H2,1H3,(H,21,23)/t15-,16+,17?,20?. The predicted molar refractivity (Wildman–Crippen MR) is 94.1 cm³/mol. The molecule has 4 atom stereocenters. The molecule has 1 aromatic rings. The molecule has 3 aliphatic rings. The van der Waals surface area contributed by atoms with Crippen LogP contribution in [0.1, 0.15) is 44.1 Å². The number of esters is 1. The highest BCUT2D eigenvalue weighted by Crippen LogP contribution is 2.38. The highest BCUT2D eigenvalue weighted by atomic mass is 16.5. The molecule has 3 aliphatic heterocycles. The molecular formula is C20H26N2O3. The van der Waals surface area contributed by atoms with Gasteiger partial charge in [0.1, 0.15) is 6.10 Å². The second kappa shape index (κ2) is 6.45. The zero-order chi connectivity index (χ0) is 17.4. The number of hydrogen-bond donors (Lipinski definition) is 1. The molecular weight excluding hydrogens is 316 g/mol. The van der Waals surface area contributed by atoms with Gasteiger partial charge in [0.25, 0.3) is 0 Å². The maximum absolute atomic E-state index is 13.2. The number of hydrogen-bond acceptors (Lipinski definition) is 4. The van der Waals surface area contributed by atoms with E-state index >= 15 is 0 Å². The molecule has 3 saturated heterocycles. The second-order valence-electron chi connectivity index (χ2n) is 7.68. The Balaban J connectivity index is 1.58. The largest absolute Gasteiger partial charge is 0.461 e. The van der Waals surface area contributed by atoms with E-state index < -0.39 is 5.41 Å². The van der Waals surface area contributed by atoms with Gasteiger partial charge in [-0.05, 0) is 51.1 Å². The minimum Gasteiger partial charge on any atom is -0.461 e. The molecule has 1 aromatic carbocycles. The first-order valence-electron chi connectivity index (χ1n) is 9.38. The van der Waals surface area contributed by atoms with Crippen LogP contribution in [0.5, 0.6) is 0 Å². The quantitative estimate of drug-likeness (QED) is 0.674. The van der Waals surface area contributed by atoms with Gasteiger partial charge in [0, 0.05) is 18.6 Å². The topological polar surface area (TPSA) is 58.6 Å². The lowest BCUT2D eigenvalue weighted by atomic mass is 9.74. The summed E-state index contributed by atoms with van der Waals surface area (Å²) in [6, 6.07) is 10.4. The molecule has 4 rings (SSSR count). The molecule has 5 nitrogen and oxygen atoms in total. The van der Waals surface area contributed by atoms with Gasteiger partial charge >= 0.3 is 5.97 Å². The van der Waals surface area contributed by atoms with E-state index in [4.69, 9.17) is 4.74 Å². The first kappa shape index (κ1) is 16.6. The summed E-state index contributed by atoms with van der Waals surface area (Å²) < 4.78 is 5.96. The Morgan fingerprint density at radius 3 is 2.52 bits per heavy atom. The van der Waals surface area contributed by atoms with Crippen molar-refractivity contribution in [3.63, 3.8) is 0 Å². The van der Waals surface area contributed by atoms with E-state index in [9.17, 15) is 9.59 Å². The minimum atomic E-state index is -1.19. The molecule has 0 aromatic heterocycles. The van der Waals surface area contributed by atoms with Gasteiger partial charge < -0.3 is 15.0 Å². The monoisotopic (exact) mass is 342 g/mol. The number of benzene rings is 1. The van der Waals surface area contributed by atoms with Gasteiger partial charge in [0.2, 0.25) is 5.91 Å². The third-order valence-electron chi connectivity index (χ3n) is 6.35. The second-order valence-corrected chi connectivity index (χ2v) is 7.68. The molecule has 3 heterocycles. The van der Waals surface area contributed by atoms with Crippen LogP contribution in [-0.4, -0.2) is 48.6 Å². The summed E-state index contributed by atoms with van der Waals surface area (Å²) in [6.45, 7) is 0.624. The average Bonchev–Trinajstić information content (AvgIpc) is 2.84. The highest BCUT2D eigenvalue weighted by molar-refractivity contribution is 6.09. The van der Waals surface area contributed by atoms with E-state index in [1.165, 1.54) is 12.8 Å². The molecule has 0 radical (unpaired) electrons. The van der Waals surface area contributed by atoms with Crippen LogP contribution in [0.25, 0.3) is 0 Å². The van der Waals surface area contributed by atoms with Gasteiger partial charge in [-0.1, -0.05) is 30.3 Å². The number of ether oxygens (including phenoxy) is 1. The van der Waals surface area contributed by atoms with Gasteiger partial charge in [0.05, 0.1) is 0 Å². The lowest BCUT2D eigenvalue weighted by molar-refractivity contribution is -0.164. The van der Waals surface area contributed by atoms with Crippen molar-refractivity contribution < 1.29 is 14.3 Å². The maximum Gasteiger partial charge on any atom is 0.326 e. The summed E-state index contributed by atoms with van der Waals surface area (Å²) in [5.41, 5.74) is -0.449. The first-order chi connectivity index (χ1) is 12.1. The number of carbonyl (C=O) groups excluding carboxylic acids is 2. The Bertz CT molecular complexity index is 648. The fourth-order valence-electron chi connectivity index (χ4n) is 4.84. The van der Waals surface area contributed by atoms with Gasteiger partial charge in [-0.2, -0.15) is 0 Å². The van der Waals surface area contributed by atoms with Gasteiger partial charge in [-0.3, -0.25) is 9.59 Å². The van der Waals surface area contributed by atoms with Crippen LogP contribution in [0.2, 0.25) is 0 Å². The SMILES string of the molecule is CN1[C@@H]2CC[C@H]1CC(OC(=O)C1(c3ccccc3)CCCNC1=O)C2. The lowest BCUT2D eigenvalue weighted by Gasteiger charge is -2.39. The third-order valence-corrected chi connectivity index (χ3v) is 6.35. The van der Waals surface area contributed by atoms with Gasteiger partial charge in [-0.25, -0.2) is 0 Å². The first-order valence-corrected chi connectivity index (χ1v) is 9.38. The Labute approximate surface area is 148 Å². The van der Waals surface area contributed by atoms with Crippen LogP contribution in [0.15, 0.2) is 30.3 Å². The molecule has 0 spiro atoms. The summed E-state index contributed by atoms with van der Waals surface area (Å²) in [5, 5.41) is 2.88. The molecule has 3 fully saturated rings. The van der Waals surface area contributed by atoms with Crippen molar-refractivity contribution in [2.45, 2.75) is 62.1 Å². The zero-order valence-corrected chi connectivity index (χ0v) is 14.7. The van der Waals surface area contributed by atoms with Crippen LogP contribution >= 0.6 is 0 Å². The van der Waals surface area contributed by atoms with Crippen LogP contribution in [0, 0.1) is 0 Å². The summed E-state index contributed by atoms with van der Waals surface area (Å²) in [5.74, 6) is -0.587. The average molecular weight is 342 g/mol. The molecule has 0 saturated carbocycles. The molecule has 25 heavy (non-hydrogen) atoms. The van der Waals surface area contributed by atoms with Gasteiger partial charge in [-0.15, -0.1) is 0 Å². The maximum atomic E-state index is 13.2. The minimum absolute atomic E-state index is 0.0727. The van der Waals surface area contributed by atoms with E-state index in [-0.39, 0.29) is 18.0 Å². The Morgan fingerprint density at radius 1 is 1.20 bits per heavy atom. The number of rotatable bonds is 3. The van der Waals surface area contributed by atoms with Crippen molar-refractivity contribution in [3.05, 3.63) is 35.9 Å². The number of carbonyl (C=O) groups is 2. The van der Waals surface area contributed by atoms with Crippen LogP contribution in [-0.2, 0) is 19.7 Å². The Kier molecular flexibility index (Phi) is 4.28. The van der Waals surface area contributed by atoms with E-state index in [0.29, 0.717) is 25.0 Å². The zero-order valence-electron chi connectivity index (χ0n) is 14.7. The summed E-state index contributed by atoms with van der Waals surface area (Å²) in [7, 11) is 2.17. The summed E-state index contributed by atoms with van der Waals surface area (Å²) in [4.78, 5) is 28.4. The van der Waals surface area contributed by atoms with E-state index in [0.717, 1.165) is 24.8 Å². The van der Waals surface area contributed by atoms with E-state index in [1.54, 1.807) is 0 Å². The fraction of sp³-hybridized carbons (Fsp3) is 0.600. The molecule has 5 heteroatoms. The summed E-state index contributed by atoms with van der Waals surface area (Å²) >= 11 is 0. The number of fused-ring (bicyclic) bond motifs is 2. The van der Waals surface area contributed by atoms with Crippen molar-refractivity contribution in [1.29, 1.82) is 0 Å². The summed E-state index contributed by atoms with van der Waals surface area (Å²) in [6.07, 6.45) is 5.35. The lowest BCUT2D eigenvalue weighted by Crippen LogP contribution is -2.55. The van der Waals surface area contributed by atoms with Crippen LogP contribution < -0.4 is 5.32 Å². The highest BCUT2D eigenvalue weighted by Gasteiger charge is 2.51. The fourth-order valence-corrected chi connectivity index (χ4v) is 4.84. The van der Waals surface area contributed by atoms with Crippen LogP contribution in [0.3, 0.4) is 0 Å². The smallest absolute Gasteiger partial charge is 0.326 e. The molecule has 1 amide bonds. The predicted octanol–water partition coefficient (Wildman–Crippen LogP) is 2.00. The van der Waals surface area contributed by atoms with Gasteiger partial charge in [0.15, 0.2) is 5.41 Å². The van der Waals surface area contributed by atoms with Crippen molar-refractivity contribution in [2.24, 2.45) is 0 Å². The van der Waals surface area contributed by atoms with E-state index in [2.05, 4.69) is 17.3 Å². The van der Waals surface area contributed by atoms with Crippen molar-refractivity contribution in [2.75, 3.05) is 13.6 Å². The Morgan fingerprint density at radius 2 is 1.88 bits per heavy atom.